The van der Waals surface area contributed by atoms with Crippen molar-refractivity contribution in [1.82, 2.24) is 10.2 Å². The van der Waals surface area contributed by atoms with Gasteiger partial charge in [0.15, 0.2) is 0 Å². The van der Waals surface area contributed by atoms with Gasteiger partial charge >= 0.3 is 12.1 Å². The highest BCUT2D eigenvalue weighted by atomic mass is 16.5. The first kappa shape index (κ1) is 21.4. The zero-order valence-corrected chi connectivity index (χ0v) is 16.1. The third-order valence-corrected chi connectivity index (χ3v) is 5.01. The number of benzene rings is 1. The molecule has 0 bridgehead atoms. The molecule has 1 heterocycles. The lowest BCUT2D eigenvalue weighted by Gasteiger charge is -2.30. The number of carboxylic acid groups (broad SMARTS) is 1. The van der Waals surface area contributed by atoms with E-state index in [1.807, 2.05) is 44.2 Å². The van der Waals surface area contributed by atoms with Crippen LogP contribution in [0, 0.1) is 5.92 Å². The number of amides is 2. The number of likely N-dealkylation sites (tertiary alicyclic amines) is 1. The molecule has 1 unspecified atom stereocenters. The number of alkyl carbamates (subject to hydrolysis) is 1. The van der Waals surface area contributed by atoms with Gasteiger partial charge in [-0.05, 0) is 24.3 Å². The molecule has 0 aliphatic carbocycles. The Labute approximate surface area is 163 Å². The topological polar surface area (TPSA) is 113 Å². The van der Waals surface area contributed by atoms with E-state index >= 15 is 0 Å². The monoisotopic (exact) mass is 390 g/mol. The van der Waals surface area contributed by atoms with E-state index in [-0.39, 0.29) is 19.1 Å². The van der Waals surface area contributed by atoms with Gasteiger partial charge in [0.05, 0.1) is 0 Å². The maximum atomic E-state index is 13.0. The molecule has 1 saturated heterocycles. The van der Waals surface area contributed by atoms with Crippen LogP contribution < -0.4 is 5.32 Å². The molecule has 1 fully saturated rings. The maximum absolute atomic E-state index is 13.0. The molecule has 2 N–H and O–H groups in total. The molecule has 1 aliphatic rings. The molecule has 1 aromatic rings. The predicted octanol–water partition coefficient (Wildman–Crippen LogP) is 1.97. The standard InChI is InChI=1S/C20H26N2O6/c1-3-13(2)16(21-20(27)28-12-14-8-5-4-6-9-14)18(24)22-11-7-10-15(22)17(23)19(25)26/h4-6,8-9,13,15-16H,3,7,10-12H2,1-2H3,(H,21,27)(H,25,26)/t13-,15?,16-/m1/s1. The number of nitrogens with zero attached hydrogens (tertiary/aromatic N) is 1. The highest BCUT2D eigenvalue weighted by Crippen LogP contribution is 2.22. The van der Waals surface area contributed by atoms with E-state index in [1.54, 1.807) is 0 Å². The summed E-state index contributed by atoms with van der Waals surface area (Å²) in [5.41, 5.74) is 0.815. The molecule has 2 amide bonds. The van der Waals surface area contributed by atoms with Crippen LogP contribution in [0.15, 0.2) is 30.3 Å². The number of ether oxygens (including phenoxy) is 1. The average molecular weight is 390 g/mol. The van der Waals surface area contributed by atoms with Crippen LogP contribution in [0.4, 0.5) is 4.79 Å². The summed E-state index contributed by atoms with van der Waals surface area (Å²) < 4.78 is 5.20. The zero-order valence-electron chi connectivity index (χ0n) is 16.1. The highest BCUT2D eigenvalue weighted by Gasteiger charge is 2.41. The summed E-state index contributed by atoms with van der Waals surface area (Å²) >= 11 is 0. The second kappa shape index (κ2) is 9.87. The summed E-state index contributed by atoms with van der Waals surface area (Å²) in [6.45, 7) is 4.05. The summed E-state index contributed by atoms with van der Waals surface area (Å²) in [7, 11) is 0. The van der Waals surface area contributed by atoms with Crippen molar-refractivity contribution in [3.63, 3.8) is 0 Å². The lowest BCUT2D eigenvalue weighted by Crippen LogP contribution is -2.54. The highest BCUT2D eigenvalue weighted by molar-refractivity contribution is 6.35. The van der Waals surface area contributed by atoms with E-state index in [0.717, 1.165) is 5.56 Å². The van der Waals surface area contributed by atoms with Crippen molar-refractivity contribution in [2.75, 3.05) is 6.54 Å². The molecular weight excluding hydrogens is 364 g/mol. The Bertz CT molecular complexity index is 721. The van der Waals surface area contributed by atoms with Crippen molar-refractivity contribution in [3.8, 4) is 0 Å². The maximum Gasteiger partial charge on any atom is 0.408 e. The van der Waals surface area contributed by atoms with Gasteiger partial charge in [0, 0.05) is 6.54 Å². The van der Waals surface area contributed by atoms with Gasteiger partial charge in [-0.2, -0.15) is 0 Å². The molecule has 28 heavy (non-hydrogen) atoms. The zero-order chi connectivity index (χ0) is 20.7. The van der Waals surface area contributed by atoms with Gasteiger partial charge in [0.25, 0.3) is 5.78 Å². The summed E-state index contributed by atoms with van der Waals surface area (Å²) in [6, 6.07) is 7.26. The van der Waals surface area contributed by atoms with E-state index in [9.17, 15) is 19.2 Å². The minimum absolute atomic E-state index is 0.0674. The molecule has 8 nitrogen and oxygen atoms in total. The molecule has 1 aliphatic heterocycles. The van der Waals surface area contributed by atoms with Gasteiger partial charge in [-0.25, -0.2) is 9.59 Å². The first-order valence-electron chi connectivity index (χ1n) is 9.40. The summed E-state index contributed by atoms with van der Waals surface area (Å²) in [5.74, 6) is -3.22. The summed E-state index contributed by atoms with van der Waals surface area (Å²) in [5, 5.41) is 11.6. The van der Waals surface area contributed by atoms with Crippen LogP contribution in [0.3, 0.4) is 0 Å². The number of aliphatic carboxylic acids is 1. The van der Waals surface area contributed by atoms with Crippen LogP contribution in [0.2, 0.25) is 0 Å². The Balaban J connectivity index is 2.05. The number of carbonyl (C=O) groups is 4. The number of ketones is 1. The SMILES string of the molecule is CC[C@@H](C)[C@@H](NC(=O)OCc1ccccc1)C(=O)N1CCCC1C(=O)C(=O)O. The molecule has 8 heteroatoms. The minimum Gasteiger partial charge on any atom is -0.475 e. The molecule has 0 saturated carbocycles. The van der Waals surface area contributed by atoms with Gasteiger partial charge in [0.1, 0.15) is 18.7 Å². The molecule has 0 aromatic heterocycles. The van der Waals surface area contributed by atoms with Crippen LogP contribution in [0.5, 0.6) is 0 Å². The molecule has 152 valence electrons. The number of Topliss-reactive ketones (excluding diaryl/α,β-unsaturated/α-hetero) is 1. The molecule has 1 aromatic carbocycles. The Kier molecular flexibility index (Phi) is 7.54. The van der Waals surface area contributed by atoms with Crippen molar-refractivity contribution < 1.29 is 29.0 Å². The van der Waals surface area contributed by atoms with Crippen LogP contribution in [-0.2, 0) is 25.7 Å². The average Bonchev–Trinajstić information content (AvgIpc) is 3.19. The van der Waals surface area contributed by atoms with Crippen LogP contribution in [0.1, 0.15) is 38.7 Å². The first-order chi connectivity index (χ1) is 13.3. The Morgan fingerprint density at radius 1 is 1.25 bits per heavy atom. The quantitative estimate of drug-likeness (QED) is 0.656. The minimum atomic E-state index is -1.56. The number of carbonyl (C=O) groups excluding carboxylic acids is 3. The molecule has 3 atom stereocenters. The number of hydrogen-bond acceptors (Lipinski definition) is 5. The Morgan fingerprint density at radius 3 is 2.54 bits per heavy atom. The van der Waals surface area contributed by atoms with Gasteiger partial charge in [-0.15, -0.1) is 0 Å². The molecule has 2 rings (SSSR count). The number of carboxylic acids is 1. The van der Waals surface area contributed by atoms with Gasteiger partial charge in [-0.3, -0.25) is 9.59 Å². The summed E-state index contributed by atoms with van der Waals surface area (Å²) in [4.78, 5) is 49.4. The van der Waals surface area contributed by atoms with Gasteiger partial charge in [0.2, 0.25) is 5.91 Å². The fourth-order valence-corrected chi connectivity index (χ4v) is 3.20. The van der Waals surface area contributed by atoms with Crippen molar-refractivity contribution >= 4 is 23.8 Å². The molecular formula is C20H26N2O6. The Morgan fingerprint density at radius 2 is 1.93 bits per heavy atom. The lowest BCUT2D eigenvalue weighted by atomic mass is 9.97. The Hall–Kier alpha value is -2.90. The second-order valence-corrected chi connectivity index (χ2v) is 6.93. The van der Waals surface area contributed by atoms with E-state index in [2.05, 4.69) is 5.32 Å². The van der Waals surface area contributed by atoms with E-state index < -0.39 is 35.8 Å². The number of hydrogen-bond donors (Lipinski definition) is 2. The normalized spacial score (nSPS) is 18.2. The second-order valence-electron chi connectivity index (χ2n) is 6.93. The number of nitrogens with one attached hydrogen (secondary N) is 1. The fourth-order valence-electron chi connectivity index (χ4n) is 3.20. The first-order valence-corrected chi connectivity index (χ1v) is 9.40. The van der Waals surface area contributed by atoms with Crippen LogP contribution in [-0.4, -0.2) is 52.4 Å². The van der Waals surface area contributed by atoms with Crippen molar-refractivity contribution in [1.29, 1.82) is 0 Å². The smallest absolute Gasteiger partial charge is 0.408 e. The van der Waals surface area contributed by atoms with Crippen LogP contribution in [0.25, 0.3) is 0 Å². The summed E-state index contributed by atoms with van der Waals surface area (Å²) in [6.07, 6.45) is 0.729. The van der Waals surface area contributed by atoms with Crippen molar-refractivity contribution in [3.05, 3.63) is 35.9 Å². The van der Waals surface area contributed by atoms with E-state index in [4.69, 9.17) is 9.84 Å². The lowest BCUT2D eigenvalue weighted by molar-refractivity contribution is -0.153. The van der Waals surface area contributed by atoms with E-state index in [0.29, 0.717) is 19.3 Å². The predicted molar refractivity (Wildman–Crippen MR) is 100 cm³/mol. The van der Waals surface area contributed by atoms with Crippen molar-refractivity contribution in [2.24, 2.45) is 5.92 Å². The van der Waals surface area contributed by atoms with Gasteiger partial charge < -0.3 is 20.1 Å². The fraction of sp³-hybridized carbons (Fsp3) is 0.500. The number of rotatable bonds is 8. The largest absolute Gasteiger partial charge is 0.475 e. The third-order valence-electron chi connectivity index (χ3n) is 5.01. The molecule has 0 radical (unpaired) electrons. The third kappa shape index (κ3) is 5.31. The van der Waals surface area contributed by atoms with Crippen molar-refractivity contribution in [2.45, 2.75) is 51.8 Å². The van der Waals surface area contributed by atoms with Gasteiger partial charge in [-0.1, -0.05) is 50.6 Å². The van der Waals surface area contributed by atoms with E-state index in [1.165, 1.54) is 4.90 Å². The molecule has 0 spiro atoms. The van der Waals surface area contributed by atoms with Crippen LogP contribution >= 0.6 is 0 Å².